The van der Waals surface area contributed by atoms with Crippen molar-refractivity contribution in [1.82, 2.24) is 10.2 Å². The number of nitrogens with zero attached hydrogens (tertiary/aromatic N) is 1. The van der Waals surface area contributed by atoms with Crippen LogP contribution in [-0.2, 0) is 14.4 Å². The molecule has 2 unspecified atom stereocenters. The Hall–Kier alpha value is -1.59. The van der Waals surface area contributed by atoms with Gasteiger partial charge in [-0.3, -0.25) is 9.59 Å². The third-order valence-corrected chi connectivity index (χ3v) is 4.11. The monoisotopic (exact) mass is 298 g/mol. The molecule has 1 fully saturated rings. The number of hydrogen-bond acceptors (Lipinski definition) is 3. The molecule has 0 saturated carbocycles. The molecule has 6 nitrogen and oxygen atoms in total. The molecule has 1 rings (SSSR count). The van der Waals surface area contributed by atoms with E-state index in [2.05, 4.69) is 5.32 Å². The number of carbonyl (C=O) groups excluding carboxylic acids is 2. The van der Waals surface area contributed by atoms with Crippen molar-refractivity contribution in [3.63, 3.8) is 0 Å². The van der Waals surface area contributed by atoms with Crippen molar-refractivity contribution < 1.29 is 19.5 Å². The van der Waals surface area contributed by atoms with Crippen LogP contribution in [0.15, 0.2) is 0 Å². The molecule has 21 heavy (non-hydrogen) atoms. The van der Waals surface area contributed by atoms with Crippen LogP contribution < -0.4 is 5.32 Å². The van der Waals surface area contributed by atoms with Gasteiger partial charge in [0, 0.05) is 13.5 Å². The van der Waals surface area contributed by atoms with Crippen molar-refractivity contribution >= 4 is 17.8 Å². The molecule has 1 aliphatic rings. The van der Waals surface area contributed by atoms with Gasteiger partial charge in [0.2, 0.25) is 11.8 Å². The molecule has 1 saturated heterocycles. The van der Waals surface area contributed by atoms with Gasteiger partial charge in [-0.25, -0.2) is 4.79 Å². The summed E-state index contributed by atoms with van der Waals surface area (Å²) in [4.78, 5) is 37.3. The lowest BCUT2D eigenvalue weighted by Crippen LogP contribution is -2.59. The van der Waals surface area contributed by atoms with Gasteiger partial charge in [0.1, 0.15) is 11.6 Å². The molecule has 120 valence electrons. The van der Waals surface area contributed by atoms with Crippen LogP contribution in [0.4, 0.5) is 0 Å². The van der Waals surface area contributed by atoms with Gasteiger partial charge in [-0.05, 0) is 25.2 Å². The summed E-state index contributed by atoms with van der Waals surface area (Å²) in [6.07, 6.45) is 2.30. The van der Waals surface area contributed by atoms with Gasteiger partial charge in [0.05, 0.1) is 0 Å². The van der Waals surface area contributed by atoms with Crippen molar-refractivity contribution in [3.8, 4) is 0 Å². The molecular weight excluding hydrogens is 272 g/mol. The molecule has 1 heterocycles. The van der Waals surface area contributed by atoms with Gasteiger partial charge in [-0.2, -0.15) is 0 Å². The van der Waals surface area contributed by atoms with Crippen LogP contribution in [0, 0.1) is 5.92 Å². The Kier molecular flexibility index (Phi) is 5.75. The summed E-state index contributed by atoms with van der Waals surface area (Å²) in [7, 11) is 0. The van der Waals surface area contributed by atoms with E-state index in [0.29, 0.717) is 32.2 Å². The summed E-state index contributed by atoms with van der Waals surface area (Å²) in [5.41, 5.74) is -1.11. The highest BCUT2D eigenvalue weighted by molar-refractivity contribution is 5.92. The Morgan fingerprint density at radius 3 is 2.38 bits per heavy atom. The molecule has 2 N–H and O–H groups in total. The molecule has 0 aliphatic carbocycles. The van der Waals surface area contributed by atoms with Crippen molar-refractivity contribution in [2.45, 2.75) is 65.0 Å². The smallest absolute Gasteiger partial charge is 0.329 e. The first-order valence-electron chi connectivity index (χ1n) is 7.58. The first-order chi connectivity index (χ1) is 9.76. The molecule has 0 aromatic heterocycles. The average Bonchev–Trinajstić information content (AvgIpc) is 2.80. The average molecular weight is 298 g/mol. The lowest BCUT2D eigenvalue weighted by molar-refractivity contribution is -0.158. The minimum absolute atomic E-state index is 0.0879. The fourth-order valence-electron chi connectivity index (χ4n) is 3.10. The maximum Gasteiger partial charge on any atom is 0.329 e. The third kappa shape index (κ3) is 3.54. The van der Waals surface area contributed by atoms with Crippen LogP contribution in [0.5, 0.6) is 0 Å². The molecule has 2 atom stereocenters. The van der Waals surface area contributed by atoms with Crippen LogP contribution in [-0.4, -0.2) is 45.9 Å². The Bertz CT molecular complexity index is 422. The summed E-state index contributed by atoms with van der Waals surface area (Å²) in [5, 5.41) is 12.3. The number of hydrogen-bond donors (Lipinski definition) is 2. The summed E-state index contributed by atoms with van der Waals surface area (Å²) in [5.74, 6) is -1.60. The van der Waals surface area contributed by atoms with E-state index in [-0.39, 0.29) is 17.7 Å². The topological polar surface area (TPSA) is 86.7 Å². The van der Waals surface area contributed by atoms with Crippen molar-refractivity contribution in [3.05, 3.63) is 0 Å². The Labute approximate surface area is 125 Å². The van der Waals surface area contributed by atoms with Crippen LogP contribution in [0.3, 0.4) is 0 Å². The second-order valence-electron chi connectivity index (χ2n) is 6.10. The molecule has 6 heteroatoms. The molecule has 0 aromatic carbocycles. The Morgan fingerprint density at radius 2 is 1.95 bits per heavy atom. The fourth-order valence-corrected chi connectivity index (χ4v) is 3.10. The summed E-state index contributed by atoms with van der Waals surface area (Å²) in [6, 6.07) is -0.670. The molecule has 1 aliphatic heterocycles. The fraction of sp³-hybridized carbons (Fsp3) is 0.800. The quantitative estimate of drug-likeness (QED) is 0.776. The van der Waals surface area contributed by atoms with E-state index in [1.807, 2.05) is 20.8 Å². The lowest BCUT2D eigenvalue weighted by atomic mass is 9.89. The molecule has 0 radical (unpaired) electrons. The Morgan fingerprint density at radius 1 is 1.33 bits per heavy atom. The second-order valence-corrected chi connectivity index (χ2v) is 6.10. The first kappa shape index (κ1) is 17.5. The van der Waals surface area contributed by atoms with E-state index < -0.39 is 17.6 Å². The van der Waals surface area contributed by atoms with Crippen LogP contribution in [0.25, 0.3) is 0 Å². The maximum absolute atomic E-state index is 12.8. The van der Waals surface area contributed by atoms with Crippen molar-refractivity contribution in [2.24, 2.45) is 5.92 Å². The number of rotatable bonds is 6. The van der Waals surface area contributed by atoms with E-state index in [1.54, 1.807) is 0 Å². The van der Waals surface area contributed by atoms with E-state index in [9.17, 15) is 19.5 Å². The third-order valence-electron chi connectivity index (χ3n) is 4.11. The number of carboxylic acids is 1. The van der Waals surface area contributed by atoms with Gasteiger partial charge < -0.3 is 15.3 Å². The highest BCUT2D eigenvalue weighted by atomic mass is 16.4. The normalized spacial score (nSPS) is 23.2. The van der Waals surface area contributed by atoms with Gasteiger partial charge in [-0.15, -0.1) is 0 Å². The molecule has 0 spiro atoms. The number of aliphatic carboxylic acids is 1. The van der Waals surface area contributed by atoms with E-state index in [0.717, 1.165) is 0 Å². The number of amides is 2. The predicted molar refractivity (Wildman–Crippen MR) is 78.7 cm³/mol. The summed E-state index contributed by atoms with van der Waals surface area (Å²) >= 11 is 0. The minimum atomic E-state index is -1.11. The van der Waals surface area contributed by atoms with Gasteiger partial charge in [0.25, 0.3) is 0 Å². The van der Waals surface area contributed by atoms with Gasteiger partial charge in [-0.1, -0.05) is 27.2 Å². The zero-order valence-electron chi connectivity index (χ0n) is 13.3. The molecule has 0 aromatic rings. The molecule has 0 bridgehead atoms. The number of carboxylic acid groups (broad SMARTS) is 1. The number of likely N-dealkylation sites (tertiary alicyclic amines) is 1. The van der Waals surface area contributed by atoms with Crippen LogP contribution >= 0.6 is 0 Å². The summed E-state index contributed by atoms with van der Waals surface area (Å²) in [6.45, 7) is 7.41. The maximum atomic E-state index is 12.8. The Balaban J connectivity index is 3.06. The highest BCUT2D eigenvalue weighted by Crippen LogP contribution is 2.35. The number of nitrogens with one attached hydrogen (secondary N) is 1. The van der Waals surface area contributed by atoms with E-state index in [1.165, 1.54) is 11.8 Å². The number of carbonyl (C=O) groups is 3. The van der Waals surface area contributed by atoms with Crippen LogP contribution in [0.2, 0.25) is 0 Å². The van der Waals surface area contributed by atoms with Crippen LogP contribution in [0.1, 0.15) is 53.4 Å². The van der Waals surface area contributed by atoms with Gasteiger partial charge >= 0.3 is 5.97 Å². The van der Waals surface area contributed by atoms with Crippen molar-refractivity contribution in [2.75, 3.05) is 6.54 Å². The van der Waals surface area contributed by atoms with Crippen molar-refractivity contribution in [1.29, 1.82) is 0 Å². The summed E-state index contributed by atoms with van der Waals surface area (Å²) < 4.78 is 0. The first-order valence-corrected chi connectivity index (χ1v) is 7.58. The van der Waals surface area contributed by atoms with E-state index in [4.69, 9.17) is 0 Å². The molecule has 2 amide bonds. The van der Waals surface area contributed by atoms with Gasteiger partial charge in [0.15, 0.2) is 0 Å². The highest BCUT2D eigenvalue weighted by Gasteiger charge is 2.50. The van der Waals surface area contributed by atoms with E-state index >= 15 is 0 Å². The largest absolute Gasteiger partial charge is 0.479 e. The molecular formula is C15H26N2O4. The minimum Gasteiger partial charge on any atom is -0.479 e. The zero-order chi connectivity index (χ0) is 16.2. The SMILES string of the molecule is CCCC1(C(=O)O)CCCN1C(=O)C(NC(C)=O)C(C)C. The zero-order valence-corrected chi connectivity index (χ0v) is 13.3. The lowest BCUT2D eigenvalue weighted by Gasteiger charge is -2.37. The predicted octanol–water partition coefficient (Wildman–Crippen LogP) is 1.39. The second kappa shape index (κ2) is 6.91. The standard InChI is InChI=1S/C15H26N2O4/c1-5-7-15(14(20)21)8-6-9-17(15)13(19)12(10(2)3)16-11(4)18/h10,12H,5-9H2,1-4H3,(H,16,18)(H,20,21).